The zero-order chi connectivity index (χ0) is 34.5. The van der Waals surface area contributed by atoms with E-state index in [9.17, 15) is 4.79 Å². The van der Waals surface area contributed by atoms with Crippen LogP contribution in [0.15, 0.2) is 48.6 Å². The van der Waals surface area contributed by atoms with E-state index in [0.29, 0.717) is 12.5 Å². The van der Waals surface area contributed by atoms with Crippen molar-refractivity contribution in [2.75, 3.05) is 53.9 Å². The molecule has 0 fully saturated rings. The third-order valence-electron chi connectivity index (χ3n) is 8.94. The Morgan fingerprint density at radius 3 is 1.17 bits per heavy atom. The molecular weight excluding hydrogens is 574 g/mol. The number of likely N-dealkylation sites (N-methyl/N-ethyl adjacent to an activating group) is 2. The number of carbonyl (C=O) groups is 1. The van der Waals surface area contributed by atoms with E-state index >= 15 is 0 Å². The fourth-order valence-electron chi connectivity index (χ4n) is 5.72. The summed E-state index contributed by atoms with van der Waals surface area (Å²) in [7, 11) is 6.28. The Hall–Kier alpha value is -1.65. The molecule has 0 radical (unpaired) electrons. The van der Waals surface area contributed by atoms with Crippen molar-refractivity contribution >= 4 is 5.91 Å². The fourth-order valence-corrected chi connectivity index (χ4v) is 5.72. The highest BCUT2D eigenvalue weighted by atomic mass is 16.2. The van der Waals surface area contributed by atoms with E-state index < -0.39 is 0 Å². The number of carbonyl (C=O) groups excluding carboxylic acids is 1. The third-order valence-corrected chi connectivity index (χ3v) is 8.94. The van der Waals surface area contributed by atoms with Crippen molar-refractivity contribution in [3.05, 3.63) is 48.6 Å². The van der Waals surface area contributed by atoms with Crippen molar-refractivity contribution in [3.8, 4) is 0 Å². The molecule has 0 rings (SSSR count). The van der Waals surface area contributed by atoms with Gasteiger partial charge in [-0.3, -0.25) is 9.69 Å². The molecule has 0 N–H and O–H groups in total. The van der Waals surface area contributed by atoms with Crippen LogP contribution in [-0.4, -0.2) is 74.5 Å². The molecule has 274 valence electrons. The monoisotopic (exact) mass is 656 g/mol. The maximum absolute atomic E-state index is 13.2. The van der Waals surface area contributed by atoms with Crippen LogP contribution in [-0.2, 0) is 4.79 Å². The third kappa shape index (κ3) is 35.5. The fraction of sp³-hybridized carbons (Fsp3) is 0.791. The van der Waals surface area contributed by atoms with Crippen molar-refractivity contribution in [2.45, 2.75) is 168 Å². The van der Waals surface area contributed by atoms with Crippen LogP contribution in [0, 0.1) is 0 Å². The molecule has 0 aliphatic carbocycles. The first-order valence-electron chi connectivity index (χ1n) is 20.2. The van der Waals surface area contributed by atoms with Gasteiger partial charge in [-0.25, -0.2) is 0 Å². The molecule has 0 aromatic heterocycles. The van der Waals surface area contributed by atoms with Gasteiger partial charge in [0.1, 0.15) is 0 Å². The van der Waals surface area contributed by atoms with Gasteiger partial charge in [-0.15, -0.1) is 0 Å². The van der Waals surface area contributed by atoms with E-state index in [1.165, 1.54) is 128 Å². The Morgan fingerprint density at radius 2 is 0.787 bits per heavy atom. The normalized spacial score (nSPS) is 12.4. The Kier molecular flexibility index (Phi) is 35.9. The largest absolute Gasteiger partial charge is 0.342 e. The van der Waals surface area contributed by atoms with Gasteiger partial charge < -0.3 is 9.80 Å². The van der Waals surface area contributed by atoms with Crippen molar-refractivity contribution in [1.82, 2.24) is 14.7 Å². The quantitative estimate of drug-likeness (QED) is 0.0502. The second-order valence-electron chi connectivity index (χ2n) is 14.1. The van der Waals surface area contributed by atoms with Gasteiger partial charge in [0.15, 0.2) is 0 Å². The molecule has 0 aliphatic heterocycles. The van der Waals surface area contributed by atoms with E-state index in [1.807, 2.05) is 0 Å². The highest BCUT2D eigenvalue weighted by molar-refractivity contribution is 5.78. The van der Waals surface area contributed by atoms with Crippen LogP contribution in [0.5, 0.6) is 0 Å². The lowest BCUT2D eigenvalue weighted by Gasteiger charge is -2.26. The molecule has 0 saturated heterocycles. The Morgan fingerprint density at radius 1 is 0.426 bits per heavy atom. The molecule has 4 nitrogen and oxygen atoms in total. The maximum Gasteiger partial charge on any atom is 0.236 e. The maximum atomic E-state index is 13.2. The number of allylic oxidation sites excluding steroid dienone is 8. The molecule has 0 heterocycles. The minimum atomic E-state index is 0.316. The van der Waals surface area contributed by atoms with Crippen molar-refractivity contribution in [1.29, 1.82) is 0 Å². The molecule has 0 unspecified atom stereocenters. The van der Waals surface area contributed by atoms with E-state index in [2.05, 4.69) is 98.3 Å². The molecule has 0 atom stereocenters. The summed E-state index contributed by atoms with van der Waals surface area (Å²) in [4.78, 5) is 19.8. The van der Waals surface area contributed by atoms with E-state index in [1.54, 1.807) is 0 Å². The standard InChI is InChI=1S/C43H81N3O/c1-6-8-10-12-14-16-18-20-22-24-26-28-30-32-34-36-38-46(43(47)42-45(5)41-40-44(3)4)39-37-35-33-31-29-27-25-23-21-19-17-15-13-11-9-7-2/h14-17,20-23H,6-13,18-19,24-42H2,1-5H3/b16-14-,17-15-,22-20-,23-21-. The number of hydrogen-bond donors (Lipinski definition) is 0. The van der Waals surface area contributed by atoms with Crippen LogP contribution in [0.4, 0.5) is 0 Å². The Labute approximate surface area is 295 Å². The average molecular weight is 656 g/mol. The number of unbranched alkanes of at least 4 members (excludes halogenated alkanes) is 18. The van der Waals surface area contributed by atoms with Crippen molar-refractivity contribution < 1.29 is 4.79 Å². The first-order chi connectivity index (χ1) is 23.0. The summed E-state index contributed by atoms with van der Waals surface area (Å²) < 4.78 is 0. The summed E-state index contributed by atoms with van der Waals surface area (Å²) in [6.07, 6.45) is 49.0. The van der Waals surface area contributed by atoms with Crippen molar-refractivity contribution in [3.63, 3.8) is 0 Å². The van der Waals surface area contributed by atoms with Gasteiger partial charge in [-0.1, -0.05) is 140 Å². The molecule has 0 aromatic rings. The van der Waals surface area contributed by atoms with Crippen molar-refractivity contribution in [2.24, 2.45) is 0 Å². The smallest absolute Gasteiger partial charge is 0.236 e. The van der Waals surface area contributed by atoms with E-state index in [-0.39, 0.29) is 0 Å². The van der Waals surface area contributed by atoms with Gasteiger partial charge in [0.2, 0.25) is 5.91 Å². The summed E-state index contributed by atoms with van der Waals surface area (Å²) in [5, 5.41) is 0. The van der Waals surface area contributed by atoms with Crippen LogP contribution >= 0.6 is 0 Å². The molecule has 47 heavy (non-hydrogen) atoms. The average Bonchev–Trinajstić information content (AvgIpc) is 3.05. The highest BCUT2D eigenvalue weighted by Crippen LogP contribution is 2.12. The summed E-state index contributed by atoms with van der Waals surface area (Å²) in [5.74, 6) is 0.316. The molecule has 1 amide bonds. The first kappa shape index (κ1) is 45.3. The SMILES string of the molecule is CCCCC/C=C\C/C=C\CCCCCCCCN(CCCCCCCC/C=C\C/C=C\CCCCC)C(=O)CN(C)CCN(C)C. The second kappa shape index (κ2) is 37.2. The summed E-state index contributed by atoms with van der Waals surface area (Å²) >= 11 is 0. The first-order valence-corrected chi connectivity index (χ1v) is 20.2. The summed E-state index contributed by atoms with van der Waals surface area (Å²) in [5.41, 5.74) is 0. The summed E-state index contributed by atoms with van der Waals surface area (Å²) in [6.45, 7) is 8.84. The zero-order valence-corrected chi connectivity index (χ0v) is 32.4. The molecule has 4 heteroatoms. The number of amides is 1. The topological polar surface area (TPSA) is 26.8 Å². The Bertz CT molecular complexity index is 721. The van der Waals surface area contributed by atoms with Gasteiger partial charge >= 0.3 is 0 Å². The van der Waals surface area contributed by atoms with E-state index in [4.69, 9.17) is 0 Å². The Balaban J connectivity index is 4.14. The van der Waals surface area contributed by atoms with Crippen LogP contribution in [0.3, 0.4) is 0 Å². The van der Waals surface area contributed by atoms with Crippen LogP contribution in [0.25, 0.3) is 0 Å². The minimum Gasteiger partial charge on any atom is -0.342 e. The lowest BCUT2D eigenvalue weighted by atomic mass is 10.1. The molecule has 0 aromatic carbocycles. The number of hydrogen-bond acceptors (Lipinski definition) is 3. The van der Waals surface area contributed by atoms with Gasteiger partial charge in [-0.2, -0.15) is 0 Å². The van der Waals surface area contributed by atoms with E-state index in [0.717, 1.165) is 51.9 Å². The molecule has 0 aliphatic rings. The predicted octanol–water partition coefficient (Wildman–Crippen LogP) is 11.9. The lowest BCUT2D eigenvalue weighted by molar-refractivity contribution is -0.132. The second-order valence-corrected chi connectivity index (χ2v) is 14.1. The minimum absolute atomic E-state index is 0.316. The van der Waals surface area contributed by atoms with Gasteiger partial charge in [0.05, 0.1) is 6.54 Å². The summed E-state index contributed by atoms with van der Waals surface area (Å²) in [6, 6.07) is 0. The zero-order valence-electron chi connectivity index (χ0n) is 32.4. The highest BCUT2D eigenvalue weighted by Gasteiger charge is 2.15. The number of nitrogens with zero attached hydrogens (tertiary/aromatic N) is 3. The van der Waals surface area contributed by atoms with Crippen LogP contribution in [0.2, 0.25) is 0 Å². The van der Waals surface area contributed by atoms with Gasteiger partial charge in [0.25, 0.3) is 0 Å². The molecule has 0 bridgehead atoms. The molecular formula is C43H81N3O. The van der Waals surface area contributed by atoms with Gasteiger partial charge in [-0.05, 0) is 98.2 Å². The van der Waals surface area contributed by atoms with Gasteiger partial charge in [0, 0.05) is 26.2 Å². The predicted molar refractivity (Wildman–Crippen MR) is 211 cm³/mol. The van der Waals surface area contributed by atoms with Crippen LogP contribution < -0.4 is 0 Å². The molecule has 0 spiro atoms. The van der Waals surface area contributed by atoms with Crippen LogP contribution in [0.1, 0.15) is 168 Å². The lowest BCUT2D eigenvalue weighted by Crippen LogP contribution is -2.41. The molecule has 0 saturated carbocycles. The number of rotatable bonds is 35.